The molecular formula is C14H29N3O3. The maximum absolute atomic E-state index is 12.1. The highest BCUT2D eigenvalue weighted by molar-refractivity contribution is 5.81. The summed E-state index contributed by atoms with van der Waals surface area (Å²) in [6, 6.07) is 0.338. The van der Waals surface area contributed by atoms with Crippen LogP contribution in [0.3, 0.4) is 0 Å². The van der Waals surface area contributed by atoms with Crippen LogP contribution < -0.4 is 10.6 Å². The summed E-state index contributed by atoms with van der Waals surface area (Å²) in [5.41, 5.74) is 0. The number of nitrogens with one attached hydrogen (secondary N) is 2. The summed E-state index contributed by atoms with van der Waals surface area (Å²) in [5.74, 6) is 0.0520. The zero-order valence-corrected chi connectivity index (χ0v) is 13.0. The highest BCUT2D eigenvalue weighted by atomic mass is 16.5. The summed E-state index contributed by atoms with van der Waals surface area (Å²) in [4.78, 5) is 14.3. The van der Waals surface area contributed by atoms with E-state index in [0.29, 0.717) is 25.8 Å². The number of carbonyl (C=O) groups excluding carboxylic acids is 1. The first-order valence-electron chi connectivity index (χ1n) is 7.42. The molecule has 0 bridgehead atoms. The predicted molar refractivity (Wildman–Crippen MR) is 78.8 cm³/mol. The average molecular weight is 287 g/mol. The van der Waals surface area contributed by atoms with Crippen molar-refractivity contribution in [2.24, 2.45) is 0 Å². The fraction of sp³-hybridized carbons (Fsp3) is 0.929. The van der Waals surface area contributed by atoms with Crippen LogP contribution in [0, 0.1) is 0 Å². The molecule has 0 radical (unpaired) electrons. The zero-order chi connectivity index (χ0) is 14.8. The van der Waals surface area contributed by atoms with Crippen molar-refractivity contribution in [3.05, 3.63) is 0 Å². The van der Waals surface area contributed by atoms with Gasteiger partial charge in [0, 0.05) is 39.9 Å². The van der Waals surface area contributed by atoms with Gasteiger partial charge >= 0.3 is 0 Å². The van der Waals surface area contributed by atoms with Gasteiger partial charge in [-0.15, -0.1) is 0 Å². The third-order valence-electron chi connectivity index (χ3n) is 3.73. The van der Waals surface area contributed by atoms with Crippen molar-refractivity contribution in [1.82, 2.24) is 15.5 Å². The number of nitrogens with zero attached hydrogens (tertiary/aromatic N) is 1. The smallest absolute Gasteiger partial charge is 0.237 e. The molecule has 20 heavy (non-hydrogen) atoms. The van der Waals surface area contributed by atoms with Gasteiger partial charge < -0.3 is 20.1 Å². The Morgan fingerprint density at radius 3 is 2.75 bits per heavy atom. The van der Waals surface area contributed by atoms with E-state index < -0.39 is 0 Å². The molecule has 0 aromatic carbocycles. The minimum Gasteiger partial charge on any atom is -0.383 e. The van der Waals surface area contributed by atoms with Crippen molar-refractivity contribution in [3.8, 4) is 0 Å². The van der Waals surface area contributed by atoms with Crippen molar-refractivity contribution in [2.75, 3.05) is 53.6 Å². The quantitative estimate of drug-likeness (QED) is 0.547. The van der Waals surface area contributed by atoms with E-state index in [9.17, 15) is 4.79 Å². The fourth-order valence-corrected chi connectivity index (χ4v) is 2.44. The molecule has 1 amide bonds. The molecule has 2 N–H and O–H groups in total. The van der Waals surface area contributed by atoms with Crippen LogP contribution in [0.15, 0.2) is 0 Å². The number of ether oxygens (including phenoxy) is 2. The number of hydrogen-bond acceptors (Lipinski definition) is 5. The first kappa shape index (κ1) is 17.4. The van der Waals surface area contributed by atoms with Gasteiger partial charge in [-0.3, -0.25) is 9.69 Å². The molecule has 0 spiro atoms. The molecule has 1 fully saturated rings. The number of methoxy groups -OCH3 is 2. The van der Waals surface area contributed by atoms with Crippen molar-refractivity contribution in [1.29, 1.82) is 0 Å². The second kappa shape index (κ2) is 10.1. The molecule has 1 aliphatic heterocycles. The van der Waals surface area contributed by atoms with E-state index in [4.69, 9.17) is 9.47 Å². The third kappa shape index (κ3) is 6.17. The molecule has 2 atom stereocenters. The molecule has 6 nitrogen and oxygen atoms in total. The van der Waals surface area contributed by atoms with Crippen LogP contribution in [-0.4, -0.2) is 76.5 Å². The molecule has 118 valence electrons. The second-order valence-electron chi connectivity index (χ2n) is 5.24. The van der Waals surface area contributed by atoms with Gasteiger partial charge in [0.2, 0.25) is 5.91 Å². The molecule has 0 aliphatic carbocycles. The van der Waals surface area contributed by atoms with Crippen LogP contribution in [0.4, 0.5) is 0 Å². The van der Waals surface area contributed by atoms with Crippen molar-refractivity contribution in [2.45, 2.75) is 31.8 Å². The molecule has 6 heteroatoms. The molecule has 0 aromatic heterocycles. The Kier molecular flexibility index (Phi) is 8.77. The third-order valence-corrected chi connectivity index (χ3v) is 3.73. The highest BCUT2D eigenvalue weighted by Crippen LogP contribution is 2.09. The van der Waals surface area contributed by atoms with E-state index in [1.807, 2.05) is 6.92 Å². The summed E-state index contributed by atoms with van der Waals surface area (Å²) in [6.07, 6.45) is 2.40. The summed E-state index contributed by atoms with van der Waals surface area (Å²) >= 11 is 0. The number of rotatable bonds is 10. The maximum Gasteiger partial charge on any atom is 0.237 e. The Morgan fingerprint density at radius 2 is 2.15 bits per heavy atom. The van der Waals surface area contributed by atoms with Gasteiger partial charge in [-0.05, 0) is 26.3 Å². The lowest BCUT2D eigenvalue weighted by atomic mass is 10.1. The van der Waals surface area contributed by atoms with Gasteiger partial charge in [-0.25, -0.2) is 0 Å². The maximum atomic E-state index is 12.1. The van der Waals surface area contributed by atoms with Gasteiger partial charge in [0.05, 0.1) is 19.3 Å². The summed E-state index contributed by atoms with van der Waals surface area (Å²) in [7, 11) is 3.32. The van der Waals surface area contributed by atoms with Gasteiger partial charge in [0.25, 0.3) is 0 Å². The van der Waals surface area contributed by atoms with E-state index in [2.05, 4.69) is 15.5 Å². The Hall–Kier alpha value is -0.690. The lowest BCUT2D eigenvalue weighted by Crippen LogP contribution is -2.50. The SMILES string of the molecule is COCCNC(=O)C(C)N(CCOC)CC1CCCN1. The van der Waals surface area contributed by atoms with Crippen LogP contribution >= 0.6 is 0 Å². The largest absolute Gasteiger partial charge is 0.383 e. The van der Waals surface area contributed by atoms with Gasteiger partial charge in [0.15, 0.2) is 0 Å². The zero-order valence-electron chi connectivity index (χ0n) is 13.0. The Balaban J connectivity index is 2.44. The normalized spacial score (nSPS) is 20.3. The number of amides is 1. The predicted octanol–water partition coefficient (Wildman–Crippen LogP) is -0.162. The first-order chi connectivity index (χ1) is 9.69. The van der Waals surface area contributed by atoms with Gasteiger partial charge in [-0.1, -0.05) is 0 Å². The Bertz CT molecular complexity index is 270. The molecule has 2 unspecified atom stereocenters. The molecule has 0 saturated carbocycles. The van der Waals surface area contributed by atoms with Crippen molar-refractivity contribution in [3.63, 3.8) is 0 Å². The molecule has 1 aliphatic rings. The van der Waals surface area contributed by atoms with Crippen molar-refractivity contribution >= 4 is 5.91 Å². The molecule has 1 heterocycles. The molecule has 1 saturated heterocycles. The van der Waals surface area contributed by atoms with E-state index in [-0.39, 0.29) is 11.9 Å². The lowest BCUT2D eigenvalue weighted by molar-refractivity contribution is -0.126. The van der Waals surface area contributed by atoms with E-state index >= 15 is 0 Å². The number of carbonyl (C=O) groups is 1. The summed E-state index contributed by atoms with van der Waals surface area (Å²) < 4.78 is 10.1. The second-order valence-corrected chi connectivity index (χ2v) is 5.24. The lowest BCUT2D eigenvalue weighted by Gasteiger charge is -2.30. The Morgan fingerprint density at radius 1 is 1.40 bits per heavy atom. The van der Waals surface area contributed by atoms with Crippen LogP contribution in [0.25, 0.3) is 0 Å². The Labute approximate surface area is 122 Å². The van der Waals surface area contributed by atoms with Crippen LogP contribution in [0.1, 0.15) is 19.8 Å². The van der Waals surface area contributed by atoms with E-state index in [0.717, 1.165) is 19.6 Å². The minimum absolute atomic E-state index is 0.0520. The minimum atomic E-state index is -0.149. The monoisotopic (exact) mass is 287 g/mol. The molecule has 0 aromatic rings. The van der Waals surface area contributed by atoms with E-state index in [1.54, 1.807) is 14.2 Å². The van der Waals surface area contributed by atoms with Gasteiger partial charge in [-0.2, -0.15) is 0 Å². The molecule has 1 rings (SSSR count). The summed E-state index contributed by atoms with van der Waals surface area (Å²) in [5, 5.41) is 6.37. The van der Waals surface area contributed by atoms with Crippen molar-refractivity contribution < 1.29 is 14.3 Å². The highest BCUT2D eigenvalue weighted by Gasteiger charge is 2.25. The van der Waals surface area contributed by atoms with Gasteiger partial charge in [0.1, 0.15) is 0 Å². The summed E-state index contributed by atoms with van der Waals surface area (Å²) in [6.45, 7) is 6.43. The topological polar surface area (TPSA) is 62.8 Å². The first-order valence-corrected chi connectivity index (χ1v) is 7.42. The van der Waals surface area contributed by atoms with Crippen LogP contribution in [-0.2, 0) is 14.3 Å². The fourth-order valence-electron chi connectivity index (χ4n) is 2.44. The van der Waals surface area contributed by atoms with Crippen LogP contribution in [0.2, 0.25) is 0 Å². The standard InChI is InChI=1S/C14H29N3O3/c1-12(14(18)16-7-9-19-2)17(8-10-20-3)11-13-5-4-6-15-13/h12-13,15H,4-11H2,1-3H3,(H,16,18). The average Bonchev–Trinajstić information content (AvgIpc) is 2.95. The van der Waals surface area contributed by atoms with Crippen LogP contribution in [0.5, 0.6) is 0 Å². The molecular weight excluding hydrogens is 258 g/mol. The van der Waals surface area contributed by atoms with E-state index in [1.165, 1.54) is 12.8 Å². The number of hydrogen-bond donors (Lipinski definition) is 2.